The van der Waals surface area contributed by atoms with Crippen molar-refractivity contribution in [2.45, 2.75) is 52.6 Å². The SMILES string of the molecule is CCN(CC)C(=O)Cn1c(CN2CCCCCC2)nc2ccccc21. The third kappa shape index (κ3) is 4.21. The van der Waals surface area contributed by atoms with Crippen LogP contribution in [-0.2, 0) is 17.9 Å². The molecule has 0 spiro atoms. The van der Waals surface area contributed by atoms with Crippen molar-refractivity contribution >= 4 is 16.9 Å². The number of aromatic nitrogens is 2. The highest BCUT2D eigenvalue weighted by atomic mass is 16.2. The highest BCUT2D eigenvalue weighted by molar-refractivity contribution is 5.81. The number of hydrogen-bond donors (Lipinski definition) is 0. The molecule has 25 heavy (non-hydrogen) atoms. The Labute approximate surface area is 150 Å². The van der Waals surface area contributed by atoms with Crippen LogP contribution in [0.1, 0.15) is 45.4 Å². The third-order valence-corrected chi connectivity index (χ3v) is 5.21. The maximum Gasteiger partial charge on any atom is 0.242 e. The highest BCUT2D eigenvalue weighted by Crippen LogP contribution is 2.19. The molecule has 0 unspecified atom stereocenters. The Bertz CT molecular complexity index is 697. The molecular weight excluding hydrogens is 312 g/mol. The number of hydrogen-bond acceptors (Lipinski definition) is 3. The van der Waals surface area contributed by atoms with Crippen molar-refractivity contribution in [3.63, 3.8) is 0 Å². The van der Waals surface area contributed by atoms with E-state index in [1.54, 1.807) is 0 Å². The van der Waals surface area contributed by atoms with Crippen molar-refractivity contribution in [3.8, 4) is 0 Å². The van der Waals surface area contributed by atoms with Crippen LogP contribution >= 0.6 is 0 Å². The Morgan fingerprint density at radius 3 is 2.44 bits per heavy atom. The molecule has 3 rings (SSSR count). The average molecular weight is 342 g/mol. The zero-order chi connectivity index (χ0) is 17.6. The molecule has 1 fully saturated rings. The second-order valence-electron chi connectivity index (χ2n) is 6.86. The van der Waals surface area contributed by atoms with E-state index in [2.05, 4.69) is 15.5 Å². The fourth-order valence-corrected chi connectivity index (χ4v) is 3.73. The Morgan fingerprint density at radius 1 is 1.08 bits per heavy atom. The Balaban J connectivity index is 1.87. The summed E-state index contributed by atoms with van der Waals surface area (Å²) in [6.07, 6.45) is 5.18. The molecule has 136 valence electrons. The third-order valence-electron chi connectivity index (χ3n) is 5.21. The van der Waals surface area contributed by atoms with Gasteiger partial charge in [0, 0.05) is 13.1 Å². The summed E-state index contributed by atoms with van der Waals surface area (Å²) in [7, 11) is 0. The smallest absolute Gasteiger partial charge is 0.242 e. The van der Waals surface area contributed by atoms with E-state index in [1.807, 2.05) is 36.9 Å². The van der Waals surface area contributed by atoms with Crippen LogP contribution in [0.15, 0.2) is 24.3 Å². The molecule has 1 saturated heterocycles. The van der Waals surface area contributed by atoms with Gasteiger partial charge in [-0.3, -0.25) is 9.69 Å². The molecule has 5 heteroatoms. The minimum Gasteiger partial charge on any atom is -0.342 e. The Morgan fingerprint density at radius 2 is 1.76 bits per heavy atom. The molecule has 2 aromatic rings. The average Bonchev–Trinajstić information content (AvgIpc) is 2.79. The molecule has 0 bridgehead atoms. The van der Waals surface area contributed by atoms with Gasteiger partial charge in [-0.05, 0) is 51.9 Å². The quantitative estimate of drug-likeness (QED) is 0.809. The molecule has 2 heterocycles. The minimum absolute atomic E-state index is 0.172. The van der Waals surface area contributed by atoms with Gasteiger partial charge < -0.3 is 9.47 Å². The van der Waals surface area contributed by atoms with Gasteiger partial charge in [0.2, 0.25) is 5.91 Å². The maximum absolute atomic E-state index is 12.7. The molecule has 1 aromatic carbocycles. The van der Waals surface area contributed by atoms with E-state index in [-0.39, 0.29) is 5.91 Å². The number of likely N-dealkylation sites (tertiary alicyclic amines) is 1. The molecule has 1 aromatic heterocycles. The predicted octanol–water partition coefficient (Wildman–Crippen LogP) is 3.28. The van der Waals surface area contributed by atoms with Gasteiger partial charge in [-0.1, -0.05) is 25.0 Å². The van der Waals surface area contributed by atoms with Gasteiger partial charge in [0.05, 0.1) is 17.6 Å². The van der Waals surface area contributed by atoms with Crippen LogP contribution in [0.3, 0.4) is 0 Å². The van der Waals surface area contributed by atoms with Crippen molar-refractivity contribution in [1.29, 1.82) is 0 Å². The lowest BCUT2D eigenvalue weighted by Gasteiger charge is -2.22. The number of likely N-dealkylation sites (N-methyl/N-ethyl adjacent to an activating group) is 1. The minimum atomic E-state index is 0.172. The number of fused-ring (bicyclic) bond motifs is 1. The van der Waals surface area contributed by atoms with E-state index in [0.717, 1.165) is 49.6 Å². The van der Waals surface area contributed by atoms with E-state index in [1.165, 1.54) is 25.7 Å². The van der Waals surface area contributed by atoms with Crippen LogP contribution in [0.5, 0.6) is 0 Å². The normalized spacial score (nSPS) is 16.1. The summed E-state index contributed by atoms with van der Waals surface area (Å²) in [6.45, 7) is 9.05. The van der Waals surface area contributed by atoms with Gasteiger partial charge in [0.25, 0.3) is 0 Å². The van der Waals surface area contributed by atoms with Crippen LogP contribution in [0.2, 0.25) is 0 Å². The van der Waals surface area contributed by atoms with E-state index in [4.69, 9.17) is 4.98 Å². The van der Waals surface area contributed by atoms with Gasteiger partial charge in [-0.15, -0.1) is 0 Å². The molecular formula is C20H30N4O. The van der Waals surface area contributed by atoms with Crippen LogP contribution in [0.4, 0.5) is 0 Å². The topological polar surface area (TPSA) is 41.4 Å². The molecule has 0 saturated carbocycles. The largest absolute Gasteiger partial charge is 0.342 e. The number of nitrogens with zero attached hydrogens (tertiary/aromatic N) is 4. The van der Waals surface area contributed by atoms with Crippen molar-refractivity contribution < 1.29 is 4.79 Å². The lowest BCUT2D eigenvalue weighted by molar-refractivity contribution is -0.131. The Hall–Kier alpha value is -1.88. The molecule has 0 aliphatic carbocycles. The first-order chi connectivity index (χ1) is 12.2. The van der Waals surface area contributed by atoms with Gasteiger partial charge >= 0.3 is 0 Å². The number of para-hydroxylation sites is 2. The summed E-state index contributed by atoms with van der Waals surface area (Å²) < 4.78 is 2.13. The standard InChI is InChI=1S/C20H30N4O/c1-3-23(4-2)20(25)16-24-18-12-8-7-11-17(18)21-19(24)15-22-13-9-5-6-10-14-22/h7-8,11-12H,3-6,9-10,13-16H2,1-2H3. The van der Waals surface area contributed by atoms with Crippen molar-refractivity contribution in [3.05, 3.63) is 30.1 Å². The molecule has 5 nitrogen and oxygen atoms in total. The summed E-state index contributed by atoms with van der Waals surface area (Å²) in [6, 6.07) is 8.16. The fourth-order valence-electron chi connectivity index (χ4n) is 3.73. The van der Waals surface area contributed by atoms with E-state index in [0.29, 0.717) is 6.54 Å². The highest BCUT2D eigenvalue weighted by Gasteiger charge is 2.19. The van der Waals surface area contributed by atoms with Gasteiger partial charge in [-0.2, -0.15) is 0 Å². The fraction of sp³-hybridized carbons (Fsp3) is 0.600. The van der Waals surface area contributed by atoms with Gasteiger partial charge in [0.15, 0.2) is 0 Å². The van der Waals surface area contributed by atoms with E-state index >= 15 is 0 Å². The van der Waals surface area contributed by atoms with Crippen molar-refractivity contribution in [2.75, 3.05) is 26.2 Å². The summed E-state index contributed by atoms with van der Waals surface area (Å²) in [4.78, 5) is 21.9. The molecule has 1 amide bonds. The number of carbonyl (C=O) groups is 1. The number of carbonyl (C=O) groups excluding carboxylic acids is 1. The Kier molecular flexibility index (Phi) is 6.08. The summed E-state index contributed by atoms with van der Waals surface area (Å²) in [5.74, 6) is 1.19. The van der Waals surface area contributed by atoms with Crippen LogP contribution in [0, 0.1) is 0 Å². The number of rotatable bonds is 6. The summed E-state index contributed by atoms with van der Waals surface area (Å²) >= 11 is 0. The molecule has 1 aliphatic heterocycles. The first-order valence-corrected chi connectivity index (χ1v) is 9.67. The van der Waals surface area contributed by atoms with Crippen LogP contribution in [-0.4, -0.2) is 51.4 Å². The summed E-state index contributed by atoms with van der Waals surface area (Å²) in [5, 5.41) is 0. The van der Waals surface area contributed by atoms with Crippen molar-refractivity contribution in [2.24, 2.45) is 0 Å². The molecule has 0 radical (unpaired) electrons. The van der Waals surface area contributed by atoms with Gasteiger partial charge in [0.1, 0.15) is 12.4 Å². The number of amides is 1. The van der Waals surface area contributed by atoms with Crippen LogP contribution < -0.4 is 0 Å². The lowest BCUT2D eigenvalue weighted by atomic mass is 10.2. The lowest BCUT2D eigenvalue weighted by Crippen LogP contribution is -2.34. The monoisotopic (exact) mass is 342 g/mol. The van der Waals surface area contributed by atoms with Gasteiger partial charge in [-0.25, -0.2) is 4.98 Å². The summed E-state index contributed by atoms with van der Waals surface area (Å²) in [5.41, 5.74) is 2.05. The zero-order valence-electron chi connectivity index (χ0n) is 15.6. The first kappa shape index (κ1) is 17.9. The molecule has 1 aliphatic rings. The van der Waals surface area contributed by atoms with Crippen LogP contribution in [0.25, 0.3) is 11.0 Å². The number of benzene rings is 1. The molecule has 0 atom stereocenters. The first-order valence-electron chi connectivity index (χ1n) is 9.67. The second kappa shape index (κ2) is 8.48. The zero-order valence-corrected chi connectivity index (χ0v) is 15.6. The van der Waals surface area contributed by atoms with E-state index < -0.39 is 0 Å². The maximum atomic E-state index is 12.7. The molecule has 0 N–H and O–H groups in total. The van der Waals surface area contributed by atoms with E-state index in [9.17, 15) is 4.79 Å². The second-order valence-corrected chi connectivity index (χ2v) is 6.86. The number of imidazole rings is 1. The predicted molar refractivity (Wildman–Crippen MR) is 101 cm³/mol. The van der Waals surface area contributed by atoms with Crippen molar-refractivity contribution in [1.82, 2.24) is 19.4 Å².